The molecule has 0 aliphatic heterocycles. The van der Waals surface area contributed by atoms with Crippen LogP contribution in [0.4, 0.5) is 0 Å². The van der Waals surface area contributed by atoms with Crippen molar-refractivity contribution >= 4 is 37.9 Å². The first kappa shape index (κ1) is 29.9. The molecule has 0 spiro atoms. The SMILES string of the molecule is C(/Cc1ccccc1)=C(\c1ccc(-c2ccccc2)cc1)c1cccc(-c2ccc3c4ccccc4c4ccccc4c3c2)c1.CN. The summed E-state index contributed by atoms with van der Waals surface area (Å²) < 4.78 is 0. The predicted octanol–water partition coefficient (Wildman–Crippen LogP) is 11.7. The molecule has 47 heavy (non-hydrogen) atoms. The first-order valence-corrected chi connectivity index (χ1v) is 16.2. The highest BCUT2D eigenvalue weighted by Gasteiger charge is 2.12. The molecule has 2 N–H and O–H groups in total. The lowest BCUT2D eigenvalue weighted by atomic mass is 9.90. The summed E-state index contributed by atoms with van der Waals surface area (Å²) in [5.74, 6) is 0. The molecule has 0 unspecified atom stereocenters. The van der Waals surface area contributed by atoms with Crippen LogP contribution in [-0.4, -0.2) is 7.05 Å². The van der Waals surface area contributed by atoms with E-state index < -0.39 is 0 Å². The number of hydrogen-bond acceptors (Lipinski definition) is 1. The Kier molecular flexibility index (Phi) is 8.73. The monoisotopic (exact) mass is 603 g/mol. The van der Waals surface area contributed by atoms with Gasteiger partial charge in [0.05, 0.1) is 0 Å². The Morgan fingerprint density at radius 2 is 0.851 bits per heavy atom. The minimum Gasteiger partial charge on any atom is -0.333 e. The topological polar surface area (TPSA) is 26.0 Å². The van der Waals surface area contributed by atoms with Crippen LogP contribution in [0.15, 0.2) is 182 Å². The molecule has 0 aliphatic carbocycles. The van der Waals surface area contributed by atoms with Crippen molar-refractivity contribution in [3.63, 3.8) is 0 Å². The zero-order valence-electron chi connectivity index (χ0n) is 26.6. The van der Waals surface area contributed by atoms with Crippen molar-refractivity contribution in [1.82, 2.24) is 0 Å². The van der Waals surface area contributed by atoms with Crippen LogP contribution in [0.5, 0.6) is 0 Å². The lowest BCUT2D eigenvalue weighted by molar-refractivity contribution is 1.27. The number of benzene rings is 8. The number of fused-ring (bicyclic) bond motifs is 6. The Labute approximate surface area is 277 Å². The lowest BCUT2D eigenvalue weighted by Crippen LogP contribution is -1.92. The standard InChI is InChI=1S/C45H32.CH5N/c1-3-12-32(13-4-1)22-28-39(35-25-23-34(24-26-35)33-14-5-2-6-15-33)38-17-11-16-36(30-38)37-27-29-44-42-20-8-7-18-40(42)41-19-9-10-21-43(41)45(44)31-37;1-2/h1-21,23-31H,22H2;2H2,1H3/b39-28-;. The third-order valence-electron chi connectivity index (χ3n) is 8.94. The highest BCUT2D eigenvalue weighted by molar-refractivity contribution is 6.25. The van der Waals surface area contributed by atoms with Gasteiger partial charge in [0, 0.05) is 0 Å². The molecule has 226 valence electrons. The van der Waals surface area contributed by atoms with Gasteiger partial charge in [-0.05, 0) is 102 Å². The van der Waals surface area contributed by atoms with Crippen LogP contribution in [0.3, 0.4) is 0 Å². The summed E-state index contributed by atoms with van der Waals surface area (Å²) >= 11 is 0. The first-order chi connectivity index (χ1) is 23.3. The third kappa shape index (κ3) is 6.10. The van der Waals surface area contributed by atoms with E-state index in [2.05, 4.69) is 188 Å². The minimum absolute atomic E-state index is 0.871. The van der Waals surface area contributed by atoms with E-state index in [1.807, 2.05) is 0 Å². The second-order valence-electron chi connectivity index (χ2n) is 11.7. The van der Waals surface area contributed by atoms with E-state index in [1.165, 1.54) is 83.9 Å². The summed E-state index contributed by atoms with van der Waals surface area (Å²) in [6, 6.07) is 63.9. The molecule has 0 heterocycles. The van der Waals surface area contributed by atoms with Crippen LogP contribution in [0.2, 0.25) is 0 Å². The van der Waals surface area contributed by atoms with E-state index in [0.717, 1.165) is 6.42 Å². The van der Waals surface area contributed by atoms with Crippen molar-refractivity contribution in [1.29, 1.82) is 0 Å². The van der Waals surface area contributed by atoms with E-state index in [-0.39, 0.29) is 0 Å². The number of allylic oxidation sites excluding steroid dienone is 1. The maximum Gasteiger partial charge on any atom is -0.00880 e. The number of rotatable bonds is 6. The molecule has 0 aliphatic rings. The van der Waals surface area contributed by atoms with Crippen molar-refractivity contribution in [2.45, 2.75) is 6.42 Å². The lowest BCUT2D eigenvalue weighted by Gasteiger charge is -2.14. The van der Waals surface area contributed by atoms with Gasteiger partial charge in [-0.1, -0.05) is 170 Å². The quantitative estimate of drug-likeness (QED) is 0.188. The first-order valence-electron chi connectivity index (χ1n) is 16.2. The van der Waals surface area contributed by atoms with Gasteiger partial charge in [-0.2, -0.15) is 0 Å². The molecule has 0 saturated carbocycles. The van der Waals surface area contributed by atoms with E-state index in [4.69, 9.17) is 0 Å². The van der Waals surface area contributed by atoms with E-state index in [9.17, 15) is 0 Å². The summed E-state index contributed by atoms with van der Waals surface area (Å²) in [5.41, 5.74) is 14.4. The van der Waals surface area contributed by atoms with Crippen molar-refractivity contribution in [2.24, 2.45) is 5.73 Å². The summed E-state index contributed by atoms with van der Waals surface area (Å²) in [6.45, 7) is 0. The normalized spacial score (nSPS) is 11.4. The Hall–Kier alpha value is -5.76. The molecule has 1 nitrogen and oxygen atoms in total. The average Bonchev–Trinajstić information content (AvgIpc) is 3.17. The number of hydrogen-bond donors (Lipinski definition) is 1. The molecular formula is C46H37N. The zero-order chi connectivity index (χ0) is 32.0. The average molecular weight is 604 g/mol. The van der Waals surface area contributed by atoms with Crippen LogP contribution in [0, 0.1) is 0 Å². The molecule has 0 saturated heterocycles. The van der Waals surface area contributed by atoms with Crippen LogP contribution in [0.25, 0.3) is 60.1 Å². The summed E-state index contributed by atoms with van der Waals surface area (Å²) in [6.07, 6.45) is 3.25. The Balaban J connectivity index is 0.00000172. The molecular weight excluding hydrogens is 567 g/mol. The fraction of sp³-hybridized carbons (Fsp3) is 0.0435. The van der Waals surface area contributed by atoms with Crippen LogP contribution in [0.1, 0.15) is 16.7 Å². The van der Waals surface area contributed by atoms with Crippen molar-refractivity contribution in [2.75, 3.05) is 7.05 Å². The Morgan fingerprint density at radius 3 is 1.49 bits per heavy atom. The van der Waals surface area contributed by atoms with Gasteiger partial charge in [0.15, 0.2) is 0 Å². The third-order valence-corrected chi connectivity index (χ3v) is 8.94. The van der Waals surface area contributed by atoms with Gasteiger partial charge < -0.3 is 5.73 Å². The molecule has 0 amide bonds. The van der Waals surface area contributed by atoms with Gasteiger partial charge in [0.1, 0.15) is 0 Å². The second kappa shape index (κ2) is 13.7. The highest BCUT2D eigenvalue weighted by atomic mass is 14.4. The predicted molar refractivity (Wildman–Crippen MR) is 204 cm³/mol. The molecule has 0 aromatic heterocycles. The van der Waals surface area contributed by atoms with E-state index in [1.54, 1.807) is 0 Å². The van der Waals surface area contributed by atoms with Gasteiger partial charge in [0.2, 0.25) is 0 Å². The van der Waals surface area contributed by atoms with Gasteiger partial charge in [-0.15, -0.1) is 0 Å². The molecule has 0 bridgehead atoms. The fourth-order valence-corrected chi connectivity index (χ4v) is 6.66. The molecule has 8 rings (SSSR count). The smallest absolute Gasteiger partial charge is 0.00880 e. The van der Waals surface area contributed by atoms with Crippen LogP contribution in [-0.2, 0) is 6.42 Å². The van der Waals surface area contributed by atoms with Gasteiger partial charge >= 0.3 is 0 Å². The Morgan fingerprint density at radius 1 is 0.383 bits per heavy atom. The largest absolute Gasteiger partial charge is 0.333 e. The van der Waals surface area contributed by atoms with E-state index >= 15 is 0 Å². The van der Waals surface area contributed by atoms with Crippen LogP contribution >= 0.6 is 0 Å². The Bertz CT molecular complexity index is 2280. The summed E-state index contributed by atoms with van der Waals surface area (Å²) in [5, 5.41) is 7.80. The highest BCUT2D eigenvalue weighted by Crippen LogP contribution is 2.38. The van der Waals surface area contributed by atoms with Crippen LogP contribution < -0.4 is 5.73 Å². The van der Waals surface area contributed by atoms with Crippen molar-refractivity contribution < 1.29 is 0 Å². The summed E-state index contributed by atoms with van der Waals surface area (Å²) in [7, 11) is 1.50. The molecule has 8 aromatic rings. The molecule has 0 atom stereocenters. The van der Waals surface area contributed by atoms with Gasteiger partial charge in [0.25, 0.3) is 0 Å². The number of nitrogens with two attached hydrogens (primary N) is 1. The van der Waals surface area contributed by atoms with Crippen molar-refractivity contribution in [3.8, 4) is 22.3 Å². The van der Waals surface area contributed by atoms with Crippen molar-refractivity contribution in [3.05, 3.63) is 199 Å². The van der Waals surface area contributed by atoms with Gasteiger partial charge in [-0.3, -0.25) is 0 Å². The zero-order valence-corrected chi connectivity index (χ0v) is 26.6. The molecule has 0 fully saturated rings. The fourth-order valence-electron chi connectivity index (χ4n) is 6.66. The maximum absolute atomic E-state index is 4.50. The molecule has 1 heteroatoms. The second-order valence-corrected chi connectivity index (χ2v) is 11.7. The molecule has 0 radical (unpaired) electrons. The summed E-state index contributed by atoms with van der Waals surface area (Å²) in [4.78, 5) is 0. The maximum atomic E-state index is 4.50. The van der Waals surface area contributed by atoms with E-state index in [0.29, 0.717) is 0 Å². The van der Waals surface area contributed by atoms with Gasteiger partial charge in [-0.25, -0.2) is 0 Å². The molecule has 8 aromatic carbocycles. The minimum atomic E-state index is 0.871.